The summed E-state index contributed by atoms with van der Waals surface area (Å²) in [6, 6.07) is 8.97. The molecule has 1 fully saturated rings. The molecule has 1 atom stereocenters. The molecular formula is C10H13NO. The van der Waals surface area contributed by atoms with Crippen molar-refractivity contribution in [1.29, 1.82) is 0 Å². The molecule has 0 aliphatic carbocycles. The number of rotatable bonds is 1. The van der Waals surface area contributed by atoms with E-state index in [1.54, 1.807) is 0 Å². The summed E-state index contributed by atoms with van der Waals surface area (Å²) in [7, 11) is 0. The van der Waals surface area contributed by atoms with Crippen molar-refractivity contribution in [2.45, 2.75) is 19.4 Å². The normalized spacial score (nSPS) is 22.9. The van der Waals surface area contributed by atoms with Crippen LogP contribution >= 0.6 is 0 Å². The van der Waals surface area contributed by atoms with Crippen LogP contribution in [0.4, 0.5) is 0 Å². The van der Waals surface area contributed by atoms with E-state index in [-0.39, 0.29) is 0 Å². The van der Waals surface area contributed by atoms with Crippen molar-refractivity contribution < 1.29 is 4.84 Å². The summed E-state index contributed by atoms with van der Waals surface area (Å²) in [5.41, 5.74) is 5.61. The van der Waals surface area contributed by atoms with Gasteiger partial charge in [0.2, 0.25) is 0 Å². The fourth-order valence-corrected chi connectivity index (χ4v) is 1.43. The lowest BCUT2D eigenvalue weighted by atomic mass is 10.0. The molecule has 0 aromatic heterocycles. The lowest BCUT2D eigenvalue weighted by molar-refractivity contribution is 0.0883. The van der Waals surface area contributed by atoms with Gasteiger partial charge in [-0.2, -0.15) is 5.48 Å². The summed E-state index contributed by atoms with van der Waals surface area (Å²) in [6.07, 6.45) is 1.07. The Morgan fingerprint density at radius 2 is 2.08 bits per heavy atom. The Bertz CT molecular complexity index is 249. The largest absolute Gasteiger partial charge is 0.301 e. The van der Waals surface area contributed by atoms with Crippen molar-refractivity contribution in [2.75, 3.05) is 6.61 Å². The number of nitrogens with one attached hydrogen (secondary N) is 1. The van der Waals surface area contributed by atoms with Gasteiger partial charge in [0.25, 0.3) is 0 Å². The fourth-order valence-electron chi connectivity index (χ4n) is 1.43. The van der Waals surface area contributed by atoms with Crippen LogP contribution < -0.4 is 5.48 Å². The first-order valence-electron chi connectivity index (χ1n) is 4.30. The molecule has 1 unspecified atom stereocenters. The van der Waals surface area contributed by atoms with Crippen LogP contribution in [0.5, 0.6) is 0 Å². The molecule has 64 valence electrons. The third-order valence-electron chi connectivity index (χ3n) is 2.21. The van der Waals surface area contributed by atoms with Crippen LogP contribution in [-0.4, -0.2) is 6.61 Å². The molecule has 1 N–H and O–H groups in total. The van der Waals surface area contributed by atoms with Crippen LogP contribution in [0.25, 0.3) is 0 Å². The van der Waals surface area contributed by atoms with E-state index in [0.717, 1.165) is 13.0 Å². The molecule has 2 heteroatoms. The summed E-state index contributed by atoms with van der Waals surface area (Å²) >= 11 is 0. The minimum Gasteiger partial charge on any atom is -0.301 e. The van der Waals surface area contributed by atoms with Crippen LogP contribution in [0.15, 0.2) is 24.3 Å². The topological polar surface area (TPSA) is 21.3 Å². The second-order valence-electron chi connectivity index (χ2n) is 3.22. The molecule has 12 heavy (non-hydrogen) atoms. The molecule has 0 amide bonds. The maximum atomic E-state index is 5.09. The van der Waals surface area contributed by atoms with Gasteiger partial charge in [0.05, 0.1) is 12.6 Å². The average molecular weight is 163 g/mol. The van der Waals surface area contributed by atoms with E-state index < -0.39 is 0 Å². The van der Waals surface area contributed by atoms with E-state index in [1.165, 1.54) is 11.1 Å². The highest BCUT2D eigenvalue weighted by Crippen LogP contribution is 2.20. The maximum absolute atomic E-state index is 5.09. The van der Waals surface area contributed by atoms with Crippen LogP contribution in [0.2, 0.25) is 0 Å². The van der Waals surface area contributed by atoms with Crippen molar-refractivity contribution in [3.8, 4) is 0 Å². The molecule has 1 aromatic carbocycles. The molecule has 1 aliphatic rings. The lowest BCUT2D eigenvalue weighted by Crippen LogP contribution is -2.10. The highest BCUT2D eigenvalue weighted by atomic mass is 16.7. The Morgan fingerprint density at radius 1 is 1.33 bits per heavy atom. The van der Waals surface area contributed by atoms with Gasteiger partial charge in [-0.15, -0.1) is 0 Å². The van der Waals surface area contributed by atoms with Gasteiger partial charge in [-0.05, 0) is 18.9 Å². The Labute approximate surface area is 72.5 Å². The van der Waals surface area contributed by atoms with Crippen LogP contribution in [0.1, 0.15) is 23.6 Å². The molecule has 0 saturated carbocycles. The van der Waals surface area contributed by atoms with Crippen molar-refractivity contribution in [2.24, 2.45) is 0 Å². The smallest absolute Gasteiger partial charge is 0.0701 e. The number of benzene rings is 1. The second kappa shape index (κ2) is 3.25. The fraction of sp³-hybridized carbons (Fsp3) is 0.400. The number of hydrogen-bond acceptors (Lipinski definition) is 2. The Hall–Kier alpha value is -0.860. The average Bonchev–Trinajstić information content (AvgIpc) is 2.58. The van der Waals surface area contributed by atoms with E-state index in [4.69, 9.17) is 4.84 Å². The molecule has 1 aromatic rings. The van der Waals surface area contributed by atoms with E-state index in [0.29, 0.717) is 6.04 Å². The summed E-state index contributed by atoms with van der Waals surface area (Å²) < 4.78 is 0. The van der Waals surface area contributed by atoms with Gasteiger partial charge < -0.3 is 4.84 Å². The Kier molecular flexibility index (Phi) is 2.11. The summed E-state index contributed by atoms with van der Waals surface area (Å²) in [5, 5.41) is 0. The van der Waals surface area contributed by atoms with Gasteiger partial charge in [-0.25, -0.2) is 0 Å². The maximum Gasteiger partial charge on any atom is 0.0701 e. The highest BCUT2D eigenvalue weighted by molar-refractivity contribution is 5.24. The first-order valence-corrected chi connectivity index (χ1v) is 4.30. The zero-order valence-electron chi connectivity index (χ0n) is 7.21. The Morgan fingerprint density at radius 3 is 2.67 bits per heavy atom. The minimum absolute atomic E-state index is 0.394. The van der Waals surface area contributed by atoms with Crippen molar-refractivity contribution >= 4 is 0 Å². The van der Waals surface area contributed by atoms with Gasteiger partial charge in [-0.3, -0.25) is 0 Å². The van der Waals surface area contributed by atoms with Crippen molar-refractivity contribution in [1.82, 2.24) is 5.48 Å². The highest BCUT2D eigenvalue weighted by Gasteiger charge is 2.16. The molecule has 0 spiro atoms. The van der Waals surface area contributed by atoms with Crippen molar-refractivity contribution in [3.05, 3.63) is 35.4 Å². The van der Waals surface area contributed by atoms with E-state index in [9.17, 15) is 0 Å². The first kappa shape index (κ1) is 7.77. The van der Waals surface area contributed by atoms with Gasteiger partial charge in [0.1, 0.15) is 0 Å². The molecule has 2 rings (SSSR count). The molecular weight excluding hydrogens is 150 g/mol. The van der Waals surface area contributed by atoms with E-state index in [1.807, 2.05) is 0 Å². The lowest BCUT2D eigenvalue weighted by Gasteiger charge is -2.08. The zero-order valence-corrected chi connectivity index (χ0v) is 7.21. The monoisotopic (exact) mass is 163 g/mol. The Balaban J connectivity index is 2.17. The number of hydrogen-bond donors (Lipinski definition) is 1. The second-order valence-corrected chi connectivity index (χ2v) is 3.22. The van der Waals surface area contributed by atoms with Gasteiger partial charge >= 0.3 is 0 Å². The van der Waals surface area contributed by atoms with Gasteiger partial charge in [0.15, 0.2) is 0 Å². The van der Waals surface area contributed by atoms with Crippen LogP contribution in [0.3, 0.4) is 0 Å². The van der Waals surface area contributed by atoms with E-state index in [2.05, 4.69) is 36.7 Å². The van der Waals surface area contributed by atoms with Gasteiger partial charge in [-0.1, -0.05) is 29.8 Å². The third kappa shape index (κ3) is 1.49. The summed E-state index contributed by atoms with van der Waals surface area (Å²) in [5.74, 6) is 0. The predicted octanol–water partition coefficient (Wildman–Crippen LogP) is 1.96. The van der Waals surface area contributed by atoms with E-state index >= 15 is 0 Å². The van der Waals surface area contributed by atoms with Crippen molar-refractivity contribution in [3.63, 3.8) is 0 Å². The van der Waals surface area contributed by atoms with Crippen LogP contribution in [-0.2, 0) is 4.84 Å². The van der Waals surface area contributed by atoms with Gasteiger partial charge in [0, 0.05) is 0 Å². The SMILES string of the molecule is Cc1ccc(C2CCON2)cc1. The molecule has 2 nitrogen and oxygen atoms in total. The molecule has 1 heterocycles. The summed E-state index contributed by atoms with van der Waals surface area (Å²) in [4.78, 5) is 5.09. The minimum atomic E-state index is 0.394. The number of hydroxylamine groups is 1. The standard InChI is InChI=1S/C10H13NO/c1-8-2-4-9(5-3-8)10-6-7-12-11-10/h2-5,10-11H,6-7H2,1H3. The predicted molar refractivity (Wildman–Crippen MR) is 47.6 cm³/mol. The zero-order chi connectivity index (χ0) is 8.39. The molecule has 0 radical (unpaired) electrons. The third-order valence-corrected chi connectivity index (χ3v) is 2.21. The molecule has 1 saturated heterocycles. The summed E-state index contributed by atoms with van der Waals surface area (Å²) in [6.45, 7) is 2.92. The quantitative estimate of drug-likeness (QED) is 0.683. The number of aryl methyl sites for hydroxylation is 1. The molecule has 1 aliphatic heterocycles. The molecule has 0 bridgehead atoms. The van der Waals surface area contributed by atoms with Crippen LogP contribution in [0, 0.1) is 6.92 Å². The first-order chi connectivity index (χ1) is 5.86.